The van der Waals surface area contributed by atoms with E-state index in [2.05, 4.69) is 15.3 Å². The molecule has 1 heterocycles. The second-order valence-corrected chi connectivity index (χ2v) is 3.07. The maximum Gasteiger partial charge on any atom is 0.236 e. The Labute approximate surface area is 86.3 Å². The zero-order valence-corrected chi connectivity index (χ0v) is 7.97. The van der Waals surface area contributed by atoms with E-state index in [1.54, 1.807) is 6.20 Å². The van der Waals surface area contributed by atoms with Gasteiger partial charge in [-0.2, -0.15) is 0 Å². The minimum Gasteiger partial charge on any atom is -0.368 e. The van der Waals surface area contributed by atoms with Gasteiger partial charge in [0.15, 0.2) is 0 Å². The van der Waals surface area contributed by atoms with Crippen molar-refractivity contribution in [1.29, 1.82) is 0 Å². The van der Waals surface area contributed by atoms with Crippen LogP contribution in [0.3, 0.4) is 0 Å². The Morgan fingerprint density at radius 1 is 1.40 bits per heavy atom. The number of benzene rings is 1. The summed E-state index contributed by atoms with van der Waals surface area (Å²) in [5, 5.41) is 3.70. The molecule has 1 aromatic heterocycles. The lowest BCUT2D eigenvalue weighted by atomic mass is 10.2. The predicted molar refractivity (Wildman–Crippen MR) is 57.2 cm³/mol. The van der Waals surface area contributed by atoms with Gasteiger partial charge in [0.1, 0.15) is 0 Å². The second-order valence-electron chi connectivity index (χ2n) is 3.07. The number of fused-ring (bicyclic) bond motifs is 1. The molecule has 2 rings (SSSR count). The minimum absolute atomic E-state index is 0.0400. The van der Waals surface area contributed by atoms with E-state index in [0.717, 1.165) is 10.9 Å². The summed E-state index contributed by atoms with van der Waals surface area (Å²) in [5.41, 5.74) is 5.83. The molecule has 15 heavy (non-hydrogen) atoms. The fourth-order valence-corrected chi connectivity index (χ4v) is 1.22. The van der Waals surface area contributed by atoms with E-state index in [0.29, 0.717) is 5.95 Å². The molecule has 5 nitrogen and oxygen atoms in total. The Bertz CT molecular complexity index is 498. The summed E-state index contributed by atoms with van der Waals surface area (Å²) >= 11 is 0. The standard InChI is InChI=1S/C10H10N4O/c11-9(15)6-13-10-12-5-7-3-1-2-4-8(7)14-10/h1-5H,6H2,(H2,11,15)(H,12,13,14). The molecule has 0 unspecified atom stereocenters. The van der Waals surface area contributed by atoms with Crippen molar-refractivity contribution in [2.75, 3.05) is 11.9 Å². The zero-order chi connectivity index (χ0) is 10.7. The van der Waals surface area contributed by atoms with E-state index in [-0.39, 0.29) is 6.54 Å². The van der Waals surface area contributed by atoms with Crippen molar-refractivity contribution in [3.05, 3.63) is 30.5 Å². The van der Waals surface area contributed by atoms with Gasteiger partial charge in [-0.1, -0.05) is 18.2 Å². The third kappa shape index (κ3) is 2.19. The van der Waals surface area contributed by atoms with Crippen LogP contribution < -0.4 is 11.1 Å². The lowest BCUT2D eigenvalue weighted by Gasteiger charge is -2.02. The third-order valence-electron chi connectivity index (χ3n) is 1.91. The lowest BCUT2D eigenvalue weighted by Crippen LogP contribution is -2.22. The van der Waals surface area contributed by atoms with Crippen molar-refractivity contribution in [2.24, 2.45) is 5.73 Å². The quantitative estimate of drug-likeness (QED) is 0.760. The zero-order valence-electron chi connectivity index (χ0n) is 7.97. The number of carbonyl (C=O) groups excluding carboxylic acids is 1. The molecule has 0 radical (unpaired) electrons. The highest BCUT2D eigenvalue weighted by molar-refractivity contribution is 5.80. The van der Waals surface area contributed by atoms with E-state index >= 15 is 0 Å². The molecule has 0 atom stereocenters. The van der Waals surface area contributed by atoms with Gasteiger partial charge in [-0.15, -0.1) is 0 Å². The maximum absolute atomic E-state index is 10.5. The van der Waals surface area contributed by atoms with Gasteiger partial charge < -0.3 is 11.1 Å². The Kier molecular flexibility index (Phi) is 2.45. The summed E-state index contributed by atoms with van der Waals surface area (Å²) in [7, 11) is 0. The first kappa shape index (κ1) is 9.39. The number of anilines is 1. The molecular formula is C10H10N4O. The first-order valence-corrected chi connectivity index (χ1v) is 4.49. The predicted octanol–water partition coefficient (Wildman–Crippen LogP) is 0.527. The number of para-hydroxylation sites is 1. The van der Waals surface area contributed by atoms with Crippen LogP contribution in [0.15, 0.2) is 30.5 Å². The van der Waals surface area contributed by atoms with Crippen molar-refractivity contribution in [3.8, 4) is 0 Å². The molecule has 0 saturated heterocycles. The molecule has 3 N–H and O–H groups in total. The Balaban J connectivity index is 2.26. The number of hydrogen-bond donors (Lipinski definition) is 2. The number of nitrogens with two attached hydrogens (primary N) is 1. The molecule has 1 aromatic carbocycles. The molecule has 0 saturated carbocycles. The van der Waals surface area contributed by atoms with E-state index in [9.17, 15) is 4.79 Å². The van der Waals surface area contributed by atoms with Crippen LogP contribution in [0.5, 0.6) is 0 Å². The molecule has 2 aromatic rings. The molecule has 76 valence electrons. The number of aromatic nitrogens is 2. The first-order valence-electron chi connectivity index (χ1n) is 4.49. The van der Waals surface area contributed by atoms with Crippen LogP contribution in [-0.2, 0) is 4.79 Å². The second kappa shape index (κ2) is 3.91. The fourth-order valence-electron chi connectivity index (χ4n) is 1.22. The van der Waals surface area contributed by atoms with Crippen molar-refractivity contribution >= 4 is 22.8 Å². The fraction of sp³-hybridized carbons (Fsp3) is 0.100. The number of rotatable bonds is 3. The molecule has 0 aliphatic heterocycles. The van der Waals surface area contributed by atoms with Gasteiger partial charge in [0.2, 0.25) is 11.9 Å². The number of amides is 1. The monoisotopic (exact) mass is 202 g/mol. The SMILES string of the molecule is NC(=O)CNc1ncc2ccccc2n1. The molecule has 0 fully saturated rings. The number of carbonyl (C=O) groups is 1. The normalized spacial score (nSPS) is 10.1. The molecule has 0 spiro atoms. The molecule has 5 heteroatoms. The number of hydrogen-bond acceptors (Lipinski definition) is 4. The summed E-state index contributed by atoms with van der Waals surface area (Å²) in [6, 6.07) is 7.62. The molecular weight excluding hydrogens is 192 g/mol. The van der Waals surface area contributed by atoms with Crippen LogP contribution in [0, 0.1) is 0 Å². The van der Waals surface area contributed by atoms with Crippen LogP contribution in [0.25, 0.3) is 10.9 Å². The van der Waals surface area contributed by atoms with Crippen LogP contribution >= 0.6 is 0 Å². The average Bonchev–Trinajstić information content (AvgIpc) is 2.26. The highest BCUT2D eigenvalue weighted by atomic mass is 16.1. The molecule has 0 aliphatic carbocycles. The van der Waals surface area contributed by atoms with Crippen LogP contribution in [0.2, 0.25) is 0 Å². The summed E-state index contributed by atoms with van der Waals surface area (Å²) in [6.07, 6.45) is 1.70. The Hall–Kier alpha value is -2.17. The molecule has 0 aliphatic rings. The smallest absolute Gasteiger partial charge is 0.236 e. The van der Waals surface area contributed by atoms with E-state index in [4.69, 9.17) is 5.73 Å². The number of nitrogens with one attached hydrogen (secondary N) is 1. The summed E-state index contributed by atoms with van der Waals surface area (Å²) in [6.45, 7) is 0.0400. The third-order valence-corrected chi connectivity index (χ3v) is 1.91. The summed E-state index contributed by atoms with van der Waals surface area (Å²) in [4.78, 5) is 18.8. The average molecular weight is 202 g/mol. The van der Waals surface area contributed by atoms with Crippen LogP contribution in [0.4, 0.5) is 5.95 Å². The molecule has 1 amide bonds. The van der Waals surface area contributed by atoms with E-state index < -0.39 is 5.91 Å². The van der Waals surface area contributed by atoms with Crippen LogP contribution in [0.1, 0.15) is 0 Å². The highest BCUT2D eigenvalue weighted by Gasteiger charge is 1.99. The number of nitrogens with zero attached hydrogens (tertiary/aromatic N) is 2. The van der Waals surface area contributed by atoms with Crippen molar-refractivity contribution in [3.63, 3.8) is 0 Å². The van der Waals surface area contributed by atoms with Gasteiger partial charge in [-0.3, -0.25) is 4.79 Å². The lowest BCUT2D eigenvalue weighted by molar-refractivity contribution is -0.116. The van der Waals surface area contributed by atoms with Gasteiger partial charge in [0.25, 0.3) is 0 Å². The van der Waals surface area contributed by atoms with E-state index in [1.807, 2.05) is 24.3 Å². The Morgan fingerprint density at radius 3 is 3.00 bits per heavy atom. The van der Waals surface area contributed by atoms with Gasteiger partial charge in [0, 0.05) is 11.6 Å². The topological polar surface area (TPSA) is 80.9 Å². The maximum atomic E-state index is 10.5. The minimum atomic E-state index is -0.438. The van der Waals surface area contributed by atoms with Gasteiger partial charge in [-0.25, -0.2) is 9.97 Å². The first-order chi connectivity index (χ1) is 7.25. The summed E-state index contributed by atoms with van der Waals surface area (Å²) < 4.78 is 0. The van der Waals surface area contributed by atoms with Gasteiger partial charge >= 0.3 is 0 Å². The summed E-state index contributed by atoms with van der Waals surface area (Å²) in [5.74, 6) is -0.0285. The Morgan fingerprint density at radius 2 is 2.20 bits per heavy atom. The van der Waals surface area contributed by atoms with Crippen molar-refractivity contribution in [1.82, 2.24) is 9.97 Å². The largest absolute Gasteiger partial charge is 0.368 e. The van der Waals surface area contributed by atoms with Crippen LogP contribution in [-0.4, -0.2) is 22.4 Å². The number of primary amides is 1. The molecule has 0 bridgehead atoms. The van der Waals surface area contributed by atoms with Crippen molar-refractivity contribution in [2.45, 2.75) is 0 Å². The van der Waals surface area contributed by atoms with E-state index in [1.165, 1.54) is 0 Å². The highest BCUT2D eigenvalue weighted by Crippen LogP contribution is 2.11. The van der Waals surface area contributed by atoms with Gasteiger partial charge in [0.05, 0.1) is 12.1 Å². The van der Waals surface area contributed by atoms with Crippen molar-refractivity contribution < 1.29 is 4.79 Å². The van der Waals surface area contributed by atoms with Gasteiger partial charge in [-0.05, 0) is 6.07 Å².